The Balaban J connectivity index is 2.46. The smallest absolute Gasteiger partial charge is 0.262 e. The molecule has 0 aliphatic carbocycles. The number of nitrogens with one attached hydrogen (secondary N) is 1. The first-order valence-electron chi connectivity index (χ1n) is 5.95. The molecule has 0 aliphatic rings. The van der Waals surface area contributed by atoms with Gasteiger partial charge in [0, 0.05) is 10.7 Å². The van der Waals surface area contributed by atoms with E-state index in [9.17, 15) is 8.42 Å². The van der Waals surface area contributed by atoms with E-state index in [-0.39, 0.29) is 4.90 Å². The number of sulfonamides is 1. The SMILES string of the molecule is Cc1ccc(N)cc1S(=O)(=O)Nc1cccc(Cl)c1C. The quantitative estimate of drug-likeness (QED) is 0.854. The van der Waals surface area contributed by atoms with Gasteiger partial charge in [0.05, 0.1) is 10.6 Å². The highest BCUT2D eigenvalue weighted by Crippen LogP contribution is 2.27. The number of hydrogen-bond donors (Lipinski definition) is 2. The van der Waals surface area contributed by atoms with Gasteiger partial charge in [-0.05, 0) is 49.2 Å². The minimum absolute atomic E-state index is 0.164. The number of benzene rings is 2. The summed E-state index contributed by atoms with van der Waals surface area (Å²) in [5, 5.41) is 0.509. The zero-order chi connectivity index (χ0) is 14.9. The molecule has 106 valence electrons. The molecular formula is C14H15ClN2O2S. The van der Waals surface area contributed by atoms with Crippen molar-refractivity contribution in [3.8, 4) is 0 Å². The molecule has 6 heteroatoms. The summed E-state index contributed by atoms with van der Waals surface area (Å²) >= 11 is 5.99. The van der Waals surface area contributed by atoms with E-state index in [0.29, 0.717) is 27.5 Å². The fourth-order valence-corrected chi connectivity index (χ4v) is 3.40. The highest BCUT2D eigenvalue weighted by Gasteiger charge is 2.18. The van der Waals surface area contributed by atoms with Gasteiger partial charge >= 0.3 is 0 Å². The van der Waals surface area contributed by atoms with Crippen molar-refractivity contribution < 1.29 is 8.42 Å². The van der Waals surface area contributed by atoms with Gasteiger partial charge in [-0.2, -0.15) is 0 Å². The molecule has 0 aliphatic heterocycles. The van der Waals surface area contributed by atoms with Crippen molar-refractivity contribution in [3.63, 3.8) is 0 Å². The average molecular weight is 311 g/mol. The highest BCUT2D eigenvalue weighted by molar-refractivity contribution is 7.92. The van der Waals surface area contributed by atoms with Crippen LogP contribution in [0.15, 0.2) is 41.3 Å². The minimum Gasteiger partial charge on any atom is -0.399 e. The third-order valence-corrected chi connectivity index (χ3v) is 4.93. The predicted molar refractivity (Wildman–Crippen MR) is 82.6 cm³/mol. The van der Waals surface area contributed by atoms with Gasteiger partial charge in [-0.15, -0.1) is 0 Å². The van der Waals surface area contributed by atoms with Gasteiger partial charge < -0.3 is 5.73 Å². The van der Waals surface area contributed by atoms with E-state index in [4.69, 9.17) is 17.3 Å². The molecule has 2 rings (SSSR count). The summed E-state index contributed by atoms with van der Waals surface area (Å²) in [7, 11) is -3.69. The molecule has 0 spiro atoms. The second kappa shape index (κ2) is 5.34. The van der Waals surface area contributed by atoms with E-state index >= 15 is 0 Å². The summed E-state index contributed by atoms with van der Waals surface area (Å²) in [5.74, 6) is 0. The first-order valence-corrected chi connectivity index (χ1v) is 7.81. The number of rotatable bonds is 3. The lowest BCUT2D eigenvalue weighted by Crippen LogP contribution is -2.15. The van der Waals surface area contributed by atoms with Crippen LogP contribution in [-0.2, 0) is 10.0 Å². The molecule has 0 atom stereocenters. The third kappa shape index (κ3) is 2.89. The Hall–Kier alpha value is -1.72. The van der Waals surface area contributed by atoms with E-state index < -0.39 is 10.0 Å². The van der Waals surface area contributed by atoms with Crippen LogP contribution in [0.2, 0.25) is 5.02 Å². The Labute approximate surface area is 123 Å². The number of nitrogens with two attached hydrogens (primary N) is 1. The average Bonchev–Trinajstić information content (AvgIpc) is 2.37. The number of aryl methyl sites for hydroxylation is 1. The van der Waals surface area contributed by atoms with Gasteiger partial charge in [0.25, 0.3) is 10.0 Å². The number of anilines is 2. The van der Waals surface area contributed by atoms with E-state index in [1.807, 2.05) is 0 Å². The van der Waals surface area contributed by atoms with Crippen LogP contribution in [0.25, 0.3) is 0 Å². The fraction of sp³-hybridized carbons (Fsp3) is 0.143. The van der Waals surface area contributed by atoms with E-state index in [2.05, 4.69) is 4.72 Å². The Morgan fingerprint density at radius 1 is 1.15 bits per heavy atom. The van der Waals surface area contributed by atoms with Crippen LogP contribution in [0.5, 0.6) is 0 Å². The largest absolute Gasteiger partial charge is 0.399 e. The van der Waals surface area contributed by atoms with Crippen LogP contribution in [0.4, 0.5) is 11.4 Å². The van der Waals surface area contributed by atoms with Crippen molar-refractivity contribution in [2.45, 2.75) is 18.7 Å². The summed E-state index contributed by atoms with van der Waals surface area (Å²) in [6.45, 7) is 3.48. The van der Waals surface area contributed by atoms with E-state index in [0.717, 1.165) is 0 Å². The van der Waals surface area contributed by atoms with Gasteiger partial charge in [0.2, 0.25) is 0 Å². The molecule has 2 aromatic carbocycles. The zero-order valence-corrected chi connectivity index (χ0v) is 12.7. The maximum Gasteiger partial charge on any atom is 0.262 e. The summed E-state index contributed by atoms with van der Waals surface area (Å²) in [6.07, 6.45) is 0. The maximum absolute atomic E-state index is 12.4. The molecule has 0 heterocycles. The van der Waals surface area contributed by atoms with Crippen LogP contribution in [0, 0.1) is 13.8 Å². The lowest BCUT2D eigenvalue weighted by Gasteiger charge is -2.13. The number of nitrogen functional groups attached to an aromatic ring is 1. The second-order valence-electron chi connectivity index (χ2n) is 4.54. The second-order valence-corrected chi connectivity index (χ2v) is 6.60. The molecule has 0 aromatic heterocycles. The van der Waals surface area contributed by atoms with E-state index in [1.165, 1.54) is 6.07 Å². The molecule has 0 fully saturated rings. The normalized spacial score (nSPS) is 11.3. The number of hydrogen-bond acceptors (Lipinski definition) is 3. The Bertz CT molecular complexity index is 758. The maximum atomic E-state index is 12.4. The van der Waals surface area contributed by atoms with Crippen molar-refractivity contribution in [1.82, 2.24) is 0 Å². The Morgan fingerprint density at radius 3 is 2.55 bits per heavy atom. The van der Waals surface area contributed by atoms with Crippen LogP contribution in [-0.4, -0.2) is 8.42 Å². The minimum atomic E-state index is -3.69. The van der Waals surface area contributed by atoms with Crippen LogP contribution >= 0.6 is 11.6 Å². The molecule has 0 bridgehead atoms. The van der Waals surface area contributed by atoms with Crippen molar-refractivity contribution >= 4 is 33.0 Å². The standard InChI is InChI=1S/C14H15ClN2O2S/c1-9-6-7-11(16)8-14(9)20(18,19)17-13-5-3-4-12(15)10(13)2/h3-8,17H,16H2,1-2H3. The fourth-order valence-electron chi connectivity index (χ4n) is 1.82. The monoisotopic (exact) mass is 310 g/mol. The summed E-state index contributed by atoms with van der Waals surface area (Å²) in [5.41, 5.74) is 7.83. The molecule has 2 aromatic rings. The summed E-state index contributed by atoms with van der Waals surface area (Å²) < 4.78 is 27.4. The van der Waals surface area contributed by atoms with Gasteiger partial charge in [0.15, 0.2) is 0 Å². The molecule has 0 saturated carbocycles. The van der Waals surface area contributed by atoms with Gasteiger partial charge in [-0.3, -0.25) is 4.72 Å². The van der Waals surface area contributed by atoms with Crippen molar-refractivity contribution in [3.05, 3.63) is 52.5 Å². The first-order chi connectivity index (χ1) is 9.31. The van der Waals surface area contributed by atoms with Crippen molar-refractivity contribution in [2.75, 3.05) is 10.5 Å². The van der Waals surface area contributed by atoms with Crippen LogP contribution < -0.4 is 10.5 Å². The lowest BCUT2D eigenvalue weighted by atomic mass is 10.2. The van der Waals surface area contributed by atoms with Crippen LogP contribution in [0.1, 0.15) is 11.1 Å². The topological polar surface area (TPSA) is 72.2 Å². The predicted octanol–water partition coefficient (Wildman–Crippen LogP) is 3.34. The summed E-state index contributed by atoms with van der Waals surface area (Å²) in [4.78, 5) is 0.164. The molecule has 0 saturated heterocycles. The van der Waals surface area contributed by atoms with E-state index in [1.54, 1.807) is 44.2 Å². The van der Waals surface area contributed by atoms with Crippen molar-refractivity contribution in [2.24, 2.45) is 0 Å². The van der Waals surface area contributed by atoms with Gasteiger partial charge in [0.1, 0.15) is 0 Å². The molecule has 0 radical (unpaired) electrons. The molecule has 0 amide bonds. The molecule has 3 N–H and O–H groups in total. The molecular weight excluding hydrogens is 296 g/mol. The third-order valence-electron chi connectivity index (χ3n) is 3.01. The Kier molecular flexibility index (Phi) is 3.92. The van der Waals surface area contributed by atoms with Gasteiger partial charge in [-0.1, -0.05) is 23.7 Å². The van der Waals surface area contributed by atoms with Crippen LogP contribution in [0.3, 0.4) is 0 Å². The summed E-state index contributed by atoms with van der Waals surface area (Å²) in [6, 6.07) is 9.85. The lowest BCUT2D eigenvalue weighted by molar-refractivity contribution is 0.600. The number of halogens is 1. The van der Waals surface area contributed by atoms with Crippen molar-refractivity contribution in [1.29, 1.82) is 0 Å². The Morgan fingerprint density at radius 2 is 1.85 bits per heavy atom. The molecule has 20 heavy (non-hydrogen) atoms. The zero-order valence-electron chi connectivity index (χ0n) is 11.1. The first kappa shape index (κ1) is 14.7. The highest BCUT2D eigenvalue weighted by atomic mass is 35.5. The molecule has 4 nitrogen and oxygen atoms in total. The van der Waals surface area contributed by atoms with Gasteiger partial charge in [-0.25, -0.2) is 8.42 Å². The molecule has 0 unspecified atom stereocenters.